The molecule has 0 aliphatic rings. The van der Waals surface area contributed by atoms with Crippen molar-refractivity contribution in [1.82, 2.24) is 48.2 Å². The van der Waals surface area contributed by atoms with E-state index in [1.54, 1.807) is 0 Å². The number of benzene rings is 17. The van der Waals surface area contributed by atoms with Gasteiger partial charge in [0.25, 0.3) is 0 Å². The second-order valence-corrected chi connectivity index (χ2v) is 30.5. The van der Waals surface area contributed by atoms with Gasteiger partial charge in [-0.1, -0.05) is 273 Å². The van der Waals surface area contributed by atoms with E-state index in [-0.39, 0.29) is 0 Å². The van der Waals surface area contributed by atoms with E-state index >= 15 is 0 Å². The molecule has 120 heavy (non-hydrogen) atoms. The smallest absolute Gasteiger partial charge is 0.164 e. The van der Waals surface area contributed by atoms with Gasteiger partial charge in [0, 0.05) is 121 Å². The van der Waals surface area contributed by atoms with E-state index in [9.17, 15) is 0 Å². The first kappa shape index (κ1) is 68.0. The summed E-state index contributed by atoms with van der Waals surface area (Å²) in [5, 5.41) is 13.9. The molecule has 0 bridgehead atoms. The minimum atomic E-state index is 0.624. The Morgan fingerprint density at radius 2 is 0.400 bits per heavy atom. The van der Waals surface area contributed by atoms with Crippen molar-refractivity contribution in [3.63, 3.8) is 0 Å². The van der Waals surface area contributed by atoms with E-state index in [0.717, 1.165) is 155 Å². The van der Waals surface area contributed by atoms with Gasteiger partial charge in [0.05, 0.1) is 44.1 Å². The van der Waals surface area contributed by atoms with Crippen LogP contribution in [-0.4, -0.2) is 48.2 Å². The van der Waals surface area contributed by atoms with Gasteiger partial charge in [-0.25, -0.2) is 29.9 Å². The molecular weight excluding hydrogens is 1470 g/mol. The minimum absolute atomic E-state index is 0.624. The highest BCUT2D eigenvalue weighted by Crippen LogP contribution is 2.45. The first-order valence-electron chi connectivity index (χ1n) is 40.3. The summed E-state index contributed by atoms with van der Waals surface area (Å²) >= 11 is 0. The standard InChI is InChI=1S/C57H35N5O.C51H31N5O/c1-3-15-36(16-4-1)55-58-56(37-17-5-2-6-18-37)60-57(59-55)40-21-13-19-38(31-40)39-20-14-22-41(32-39)61-49-26-10-7-23-43(49)46-33-42(29-30-51(46)61)62-50-27-11-8-24-44(50)47-35-54-48(34-52(47)62)45-25-9-12-28-53(45)63-54;1-3-14-32(15-4-1)49-52-50(33-16-5-2-6-17-33)54-51(53-49)34-18-13-19-35(28-34)55-43-23-10-7-20-37(43)40-29-36(26-27-45(40)55)56-44-24-11-8-21-38(44)41-31-48-42(30-46(41)56)39-22-9-12-25-47(39)57-48/h1-35H;1-31H. The Balaban J connectivity index is 0.000000137. The fourth-order valence-corrected chi connectivity index (χ4v) is 18.0. The molecule has 0 unspecified atom stereocenters. The minimum Gasteiger partial charge on any atom is -0.456 e. The number of fused-ring (bicyclic) bond motifs is 18. The normalized spacial score (nSPS) is 11.8. The van der Waals surface area contributed by atoms with Crippen LogP contribution in [0.1, 0.15) is 0 Å². The van der Waals surface area contributed by atoms with Crippen molar-refractivity contribution in [3.8, 4) is 102 Å². The average Bonchev–Trinajstić information content (AvgIpc) is 1.57. The van der Waals surface area contributed by atoms with Crippen LogP contribution < -0.4 is 0 Å². The highest BCUT2D eigenvalue weighted by molar-refractivity contribution is 6.20. The highest BCUT2D eigenvalue weighted by Gasteiger charge is 2.24. The van der Waals surface area contributed by atoms with Crippen LogP contribution in [0.5, 0.6) is 0 Å². The van der Waals surface area contributed by atoms with Crippen molar-refractivity contribution < 1.29 is 8.83 Å². The Bertz CT molecular complexity index is 8310. The molecule has 0 radical (unpaired) electrons. The van der Waals surface area contributed by atoms with Crippen molar-refractivity contribution in [2.24, 2.45) is 0 Å². The molecule has 25 rings (SSSR count). The highest BCUT2D eigenvalue weighted by atomic mass is 16.3. The summed E-state index contributed by atoms with van der Waals surface area (Å²) < 4.78 is 22.2. The van der Waals surface area contributed by atoms with Gasteiger partial charge in [0.2, 0.25) is 0 Å². The maximum absolute atomic E-state index is 6.36. The summed E-state index contributed by atoms with van der Waals surface area (Å²) in [5.41, 5.74) is 24.9. The van der Waals surface area contributed by atoms with Gasteiger partial charge in [0.15, 0.2) is 34.9 Å². The number of hydrogen-bond donors (Lipinski definition) is 0. The predicted molar refractivity (Wildman–Crippen MR) is 490 cm³/mol. The van der Waals surface area contributed by atoms with Gasteiger partial charge < -0.3 is 27.1 Å². The van der Waals surface area contributed by atoms with Crippen molar-refractivity contribution in [1.29, 1.82) is 0 Å². The number of nitrogens with zero attached hydrogens (tertiary/aromatic N) is 10. The number of furan rings is 2. The zero-order chi connectivity index (χ0) is 78.9. The molecule has 0 amide bonds. The summed E-state index contributed by atoms with van der Waals surface area (Å²) in [6.07, 6.45) is 0. The quantitative estimate of drug-likeness (QED) is 0.125. The molecule has 0 saturated heterocycles. The molecule has 12 heteroatoms. The first-order valence-corrected chi connectivity index (χ1v) is 40.3. The molecule has 0 aliphatic carbocycles. The zero-order valence-electron chi connectivity index (χ0n) is 64.4. The molecule has 0 saturated carbocycles. The molecule has 12 nitrogen and oxygen atoms in total. The molecule has 0 fully saturated rings. The van der Waals surface area contributed by atoms with Gasteiger partial charge in [-0.2, -0.15) is 0 Å². The van der Waals surface area contributed by atoms with E-state index in [1.807, 2.05) is 146 Å². The lowest BCUT2D eigenvalue weighted by molar-refractivity contribution is 0.669. The fraction of sp³-hybridized carbons (Fsp3) is 0. The van der Waals surface area contributed by atoms with Gasteiger partial charge in [-0.05, 0) is 139 Å². The molecular formula is C108H66N10O2. The van der Waals surface area contributed by atoms with E-state index in [1.165, 1.54) is 43.1 Å². The van der Waals surface area contributed by atoms with Crippen molar-refractivity contribution in [2.75, 3.05) is 0 Å². The van der Waals surface area contributed by atoms with Crippen LogP contribution in [0.15, 0.2) is 409 Å². The van der Waals surface area contributed by atoms with Crippen molar-refractivity contribution in [3.05, 3.63) is 400 Å². The monoisotopic (exact) mass is 1530 g/mol. The van der Waals surface area contributed by atoms with E-state index in [4.69, 9.17) is 38.7 Å². The molecule has 0 spiro atoms. The molecule has 8 aromatic heterocycles. The number of hydrogen-bond acceptors (Lipinski definition) is 8. The Labute approximate surface area is 686 Å². The lowest BCUT2D eigenvalue weighted by atomic mass is 10.0. The first-order chi connectivity index (χ1) is 59.5. The van der Waals surface area contributed by atoms with Crippen LogP contribution in [-0.2, 0) is 0 Å². The zero-order valence-corrected chi connectivity index (χ0v) is 64.4. The van der Waals surface area contributed by atoms with Crippen molar-refractivity contribution >= 4 is 131 Å². The fourth-order valence-electron chi connectivity index (χ4n) is 18.0. The lowest BCUT2D eigenvalue weighted by Gasteiger charge is -2.12. The maximum atomic E-state index is 6.36. The van der Waals surface area contributed by atoms with Gasteiger partial charge in [-0.3, -0.25) is 0 Å². The van der Waals surface area contributed by atoms with Crippen LogP contribution in [0.2, 0.25) is 0 Å². The largest absolute Gasteiger partial charge is 0.456 e. The summed E-state index contributed by atoms with van der Waals surface area (Å²) in [4.78, 5) is 29.9. The van der Waals surface area contributed by atoms with Crippen LogP contribution in [0.3, 0.4) is 0 Å². The van der Waals surface area contributed by atoms with E-state index in [2.05, 4.69) is 273 Å². The number of para-hydroxylation sites is 6. The molecule has 0 N–H and O–H groups in total. The topological polar surface area (TPSA) is 123 Å². The summed E-state index contributed by atoms with van der Waals surface area (Å²) in [6.45, 7) is 0. The third-order valence-electron chi connectivity index (χ3n) is 23.5. The number of aromatic nitrogens is 10. The summed E-state index contributed by atoms with van der Waals surface area (Å²) in [5.74, 6) is 3.82. The third-order valence-corrected chi connectivity index (χ3v) is 23.5. The van der Waals surface area contributed by atoms with Crippen LogP contribution in [0.25, 0.3) is 233 Å². The molecule has 560 valence electrons. The molecule has 17 aromatic carbocycles. The van der Waals surface area contributed by atoms with Gasteiger partial charge in [-0.15, -0.1) is 0 Å². The van der Waals surface area contributed by atoms with Gasteiger partial charge >= 0.3 is 0 Å². The van der Waals surface area contributed by atoms with E-state index in [0.29, 0.717) is 34.9 Å². The second-order valence-electron chi connectivity index (χ2n) is 30.5. The molecule has 8 heterocycles. The number of rotatable bonds is 11. The van der Waals surface area contributed by atoms with E-state index < -0.39 is 0 Å². The van der Waals surface area contributed by atoms with Crippen LogP contribution >= 0.6 is 0 Å². The third kappa shape index (κ3) is 11.3. The molecule has 25 aromatic rings. The lowest BCUT2D eigenvalue weighted by Crippen LogP contribution is -2.01. The Morgan fingerprint density at radius 1 is 0.142 bits per heavy atom. The Kier molecular flexibility index (Phi) is 15.7. The Hall–Kier alpha value is -16.4. The second kappa shape index (κ2) is 27.7. The van der Waals surface area contributed by atoms with Crippen LogP contribution in [0.4, 0.5) is 0 Å². The summed E-state index contributed by atoms with van der Waals surface area (Å²) in [7, 11) is 0. The Morgan fingerprint density at radius 3 is 0.783 bits per heavy atom. The maximum Gasteiger partial charge on any atom is 0.164 e. The van der Waals surface area contributed by atoms with Gasteiger partial charge in [0.1, 0.15) is 22.3 Å². The average molecular weight is 1540 g/mol. The molecule has 0 atom stereocenters. The van der Waals surface area contributed by atoms with Crippen LogP contribution in [0, 0.1) is 0 Å². The SMILES string of the molecule is c1ccc(-c2nc(-c3ccccc3)nc(-c3cccc(-c4cccc(-n5c6ccccc6c6cc(-n7c8ccccc8c8cc9oc%10ccccc%10c9cc87)ccc65)c4)c3)n2)cc1.c1ccc(-c2nc(-c3ccccc3)nc(-c3cccc(-n4c5ccccc5c5cc(-n6c7ccccc7c7cc8oc9ccccc9c8cc76)ccc54)c3)n2)cc1. The molecule has 0 aliphatic heterocycles. The predicted octanol–water partition coefficient (Wildman–Crippen LogP) is 27.6. The summed E-state index contributed by atoms with van der Waals surface area (Å²) in [6, 6.07) is 140. The van der Waals surface area contributed by atoms with Crippen molar-refractivity contribution in [2.45, 2.75) is 0 Å².